The summed E-state index contributed by atoms with van der Waals surface area (Å²) >= 11 is 0. The smallest absolute Gasteiger partial charge is 0.264 e. The van der Waals surface area contributed by atoms with E-state index < -0.39 is 6.10 Å². The van der Waals surface area contributed by atoms with Crippen LogP contribution in [0.25, 0.3) is 11.3 Å². The monoisotopic (exact) mass is 347 g/mol. The normalized spacial score (nSPS) is 15.3. The quantitative estimate of drug-likeness (QED) is 0.785. The first-order valence-corrected chi connectivity index (χ1v) is 8.31. The lowest BCUT2D eigenvalue weighted by Crippen LogP contribution is -2.43. The van der Waals surface area contributed by atoms with Gasteiger partial charge < -0.3 is 14.8 Å². The molecule has 0 radical (unpaired) electrons. The number of fused-ring (bicyclic) bond motifs is 1. The van der Waals surface area contributed by atoms with Crippen molar-refractivity contribution in [3.8, 4) is 22.8 Å². The number of amides is 1. The van der Waals surface area contributed by atoms with E-state index in [1.807, 2.05) is 42.5 Å². The molecule has 3 aromatic rings. The predicted molar refractivity (Wildman–Crippen MR) is 95.7 cm³/mol. The maximum atomic E-state index is 12.4. The number of carbonyl (C=O) groups excluding carboxylic acids is 1. The van der Waals surface area contributed by atoms with Crippen LogP contribution in [0.2, 0.25) is 0 Å². The minimum atomic E-state index is -0.662. The number of rotatable bonds is 4. The SMILES string of the molecule is O=C(NCc1ccnc(-c2cccnc2)c1)C1COc2ccccc2O1. The van der Waals surface area contributed by atoms with Gasteiger partial charge in [-0.05, 0) is 42.0 Å². The van der Waals surface area contributed by atoms with Gasteiger partial charge in [-0.1, -0.05) is 12.1 Å². The molecule has 26 heavy (non-hydrogen) atoms. The molecule has 1 aromatic carbocycles. The molecule has 1 N–H and O–H groups in total. The second kappa shape index (κ2) is 7.23. The molecule has 0 fully saturated rings. The Morgan fingerprint density at radius 1 is 1.12 bits per heavy atom. The van der Waals surface area contributed by atoms with Gasteiger partial charge in [0.15, 0.2) is 11.5 Å². The van der Waals surface area contributed by atoms with Crippen molar-refractivity contribution < 1.29 is 14.3 Å². The van der Waals surface area contributed by atoms with E-state index in [4.69, 9.17) is 9.47 Å². The van der Waals surface area contributed by atoms with Crippen molar-refractivity contribution >= 4 is 5.91 Å². The Morgan fingerprint density at radius 3 is 2.85 bits per heavy atom. The Labute approximate surface area is 150 Å². The fourth-order valence-corrected chi connectivity index (χ4v) is 2.71. The molecule has 0 saturated carbocycles. The van der Waals surface area contributed by atoms with E-state index in [0.29, 0.717) is 18.0 Å². The third-order valence-corrected chi connectivity index (χ3v) is 4.05. The minimum Gasteiger partial charge on any atom is -0.485 e. The van der Waals surface area contributed by atoms with Gasteiger partial charge >= 0.3 is 0 Å². The summed E-state index contributed by atoms with van der Waals surface area (Å²) < 4.78 is 11.3. The largest absolute Gasteiger partial charge is 0.485 e. The van der Waals surface area contributed by atoms with E-state index in [1.54, 1.807) is 24.7 Å². The van der Waals surface area contributed by atoms with Gasteiger partial charge in [0, 0.05) is 30.7 Å². The van der Waals surface area contributed by atoms with Crippen LogP contribution in [0.5, 0.6) is 11.5 Å². The maximum Gasteiger partial charge on any atom is 0.264 e. The zero-order valence-electron chi connectivity index (χ0n) is 14.0. The number of aromatic nitrogens is 2. The molecule has 1 aliphatic rings. The van der Waals surface area contributed by atoms with Gasteiger partial charge in [0.05, 0.1) is 5.69 Å². The summed E-state index contributed by atoms with van der Waals surface area (Å²) in [6.07, 6.45) is 4.54. The molecule has 1 amide bonds. The third-order valence-electron chi connectivity index (χ3n) is 4.05. The first-order chi connectivity index (χ1) is 12.8. The molecule has 0 aliphatic carbocycles. The van der Waals surface area contributed by atoms with Gasteiger partial charge in [-0.3, -0.25) is 14.8 Å². The van der Waals surface area contributed by atoms with Crippen LogP contribution in [0.4, 0.5) is 0 Å². The lowest BCUT2D eigenvalue weighted by atomic mass is 10.1. The molecule has 3 heterocycles. The summed E-state index contributed by atoms with van der Waals surface area (Å²) in [6, 6.07) is 14.9. The van der Waals surface area contributed by atoms with Gasteiger partial charge in [-0.2, -0.15) is 0 Å². The molecule has 6 heteroatoms. The number of hydrogen-bond donors (Lipinski definition) is 1. The Balaban J connectivity index is 1.39. The highest BCUT2D eigenvalue weighted by Gasteiger charge is 2.26. The summed E-state index contributed by atoms with van der Waals surface area (Å²) in [5.74, 6) is 1.03. The number of para-hydroxylation sites is 2. The fraction of sp³-hybridized carbons (Fsp3) is 0.150. The fourth-order valence-electron chi connectivity index (χ4n) is 2.71. The van der Waals surface area contributed by atoms with E-state index in [2.05, 4.69) is 15.3 Å². The van der Waals surface area contributed by atoms with Gasteiger partial charge in [0.25, 0.3) is 5.91 Å². The molecule has 2 aromatic heterocycles. The predicted octanol–water partition coefficient (Wildman–Crippen LogP) is 2.60. The van der Waals surface area contributed by atoms with Crippen LogP contribution in [0.15, 0.2) is 67.1 Å². The summed E-state index contributed by atoms with van der Waals surface area (Å²) in [5, 5.41) is 2.89. The van der Waals surface area contributed by atoms with Gasteiger partial charge in [-0.15, -0.1) is 0 Å². The van der Waals surface area contributed by atoms with Crippen molar-refractivity contribution in [3.05, 3.63) is 72.7 Å². The van der Waals surface area contributed by atoms with E-state index in [-0.39, 0.29) is 12.5 Å². The molecular weight excluding hydrogens is 330 g/mol. The highest BCUT2D eigenvalue weighted by Crippen LogP contribution is 2.30. The molecule has 0 bridgehead atoms. The highest BCUT2D eigenvalue weighted by molar-refractivity contribution is 5.81. The van der Waals surface area contributed by atoms with E-state index >= 15 is 0 Å². The van der Waals surface area contributed by atoms with E-state index in [9.17, 15) is 4.79 Å². The van der Waals surface area contributed by atoms with Crippen LogP contribution in [0, 0.1) is 0 Å². The van der Waals surface area contributed by atoms with Crippen LogP contribution in [0.3, 0.4) is 0 Å². The topological polar surface area (TPSA) is 73.3 Å². The van der Waals surface area contributed by atoms with Crippen LogP contribution in [0.1, 0.15) is 5.56 Å². The highest BCUT2D eigenvalue weighted by atomic mass is 16.6. The molecule has 6 nitrogen and oxygen atoms in total. The molecule has 0 spiro atoms. The molecule has 0 saturated heterocycles. The van der Waals surface area contributed by atoms with Gasteiger partial charge in [0.1, 0.15) is 6.61 Å². The standard InChI is InChI=1S/C20H17N3O3/c24-20(19-13-25-17-5-1-2-6-18(17)26-19)23-11-14-7-9-22-16(10-14)15-4-3-8-21-12-15/h1-10,12,19H,11,13H2,(H,23,24). The van der Waals surface area contributed by atoms with Crippen molar-refractivity contribution in [3.63, 3.8) is 0 Å². The van der Waals surface area contributed by atoms with Crippen LogP contribution >= 0.6 is 0 Å². The van der Waals surface area contributed by atoms with Crippen LogP contribution < -0.4 is 14.8 Å². The molecule has 130 valence electrons. The number of hydrogen-bond acceptors (Lipinski definition) is 5. The van der Waals surface area contributed by atoms with Crippen molar-refractivity contribution in [1.82, 2.24) is 15.3 Å². The Bertz CT molecular complexity index is 915. The first kappa shape index (κ1) is 16.1. The van der Waals surface area contributed by atoms with Crippen molar-refractivity contribution in [2.75, 3.05) is 6.61 Å². The van der Waals surface area contributed by atoms with Crippen LogP contribution in [-0.2, 0) is 11.3 Å². The molecular formula is C20H17N3O3. The second-order valence-corrected chi connectivity index (χ2v) is 5.87. The van der Waals surface area contributed by atoms with Crippen molar-refractivity contribution in [2.24, 2.45) is 0 Å². The number of ether oxygens (including phenoxy) is 2. The molecule has 1 atom stereocenters. The number of pyridine rings is 2. The summed E-state index contributed by atoms with van der Waals surface area (Å²) in [4.78, 5) is 20.9. The Hall–Kier alpha value is -3.41. The number of nitrogens with zero attached hydrogens (tertiary/aromatic N) is 2. The lowest BCUT2D eigenvalue weighted by molar-refractivity contribution is -0.130. The Morgan fingerprint density at radius 2 is 2.00 bits per heavy atom. The maximum absolute atomic E-state index is 12.4. The molecule has 1 unspecified atom stereocenters. The molecule has 1 aliphatic heterocycles. The lowest BCUT2D eigenvalue weighted by Gasteiger charge is -2.25. The summed E-state index contributed by atoms with van der Waals surface area (Å²) in [5.41, 5.74) is 2.70. The number of carbonyl (C=O) groups is 1. The number of nitrogens with one attached hydrogen (secondary N) is 1. The average Bonchev–Trinajstić information content (AvgIpc) is 2.72. The van der Waals surface area contributed by atoms with E-state index in [0.717, 1.165) is 16.8 Å². The molecule has 4 rings (SSSR count). The summed E-state index contributed by atoms with van der Waals surface area (Å²) in [6.45, 7) is 0.580. The van der Waals surface area contributed by atoms with Gasteiger partial charge in [0.2, 0.25) is 6.10 Å². The zero-order valence-corrected chi connectivity index (χ0v) is 14.0. The number of benzene rings is 1. The van der Waals surface area contributed by atoms with Crippen LogP contribution in [-0.4, -0.2) is 28.6 Å². The Kier molecular flexibility index (Phi) is 4.47. The minimum absolute atomic E-state index is 0.195. The average molecular weight is 347 g/mol. The summed E-state index contributed by atoms with van der Waals surface area (Å²) in [7, 11) is 0. The first-order valence-electron chi connectivity index (χ1n) is 8.31. The van der Waals surface area contributed by atoms with Crippen molar-refractivity contribution in [2.45, 2.75) is 12.6 Å². The van der Waals surface area contributed by atoms with Crippen molar-refractivity contribution in [1.29, 1.82) is 0 Å². The zero-order chi connectivity index (χ0) is 17.8. The second-order valence-electron chi connectivity index (χ2n) is 5.87. The van der Waals surface area contributed by atoms with E-state index in [1.165, 1.54) is 0 Å². The van der Waals surface area contributed by atoms with Gasteiger partial charge in [-0.25, -0.2) is 0 Å². The third kappa shape index (κ3) is 3.49.